The molecule has 0 unspecified atom stereocenters. The van der Waals surface area contributed by atoms with Crippen molar-refractivity contribution in [3.63, 3.8) is 0 Å². The maximum atomic E-state index is 12.6. The fraction of sp³-hybridized carbons (Fsp3) is 0.417. The van der Waals surface area contributed by atoms with Gasteiger partial charge in [0.15, 0.2) is 0 Å². The van der Waals surface area contributed by atoms with E-state index >= 15 is 0 Å². The molecule has 0 aromatic heterocycles. The van der Waals surface area contributed by atoms with E-state index in [2.05, 4.69) is 0 Å². The molecule has 0 bridgehead atoms. The standard InChI is InChI=1S/C12H14F3NO/c1-11(2,3)8-4-7(10(16)17)5-9(6-8)12(13,14)15/h4-6H,1-3H3,(H2,16,17). The van der Waals surface area contributed by atoms with Crippen molar-refractivity contribution >= 4 is 5.91 Å². The highest BCUT2D eigenvalue weighted by molar-refractivity contribution is 5.93. The van der Waals surface area contributed by atoms with Crippen LogP contribution in [0.1, 0.15) is 42.3 Å². The first-order chi connectivity index (χ1) is 7.51. The van der Waals surface area contributed by atoms with Crippen LogP contribution in [0, 0.1) is 0 Å². The summed E-state index contributed by atoms with van der Waals surface area (Å²) in [5.74, 6) is -0.860. The van der Waals surface area contributed by atoms with Crippen LogP contribution in [0.2, 0.25) is 0 Å². The van der Waals surface area contributed by atoms with Crippen LogP contribution >= 0.6 is 0 Å². The number of alkyl halides is 3. The maximum absolute atomic E-state index is 12.6. The van der Waals surface area contributed by atoms with E-state index in [-0.39, 0.29) is 5.56 Å². The fourth-order valence-corrected chi connectivity index (χ4v) is 1.37. The molecule has 0 aliphatic heterocycles. The Balaban J connectivity index is 3.45. The van der Waals surface area contributed by atoms with Crippen molar-refractivity contribution in [1.29, 1.82) is 0 Å². The minimum absolute atomic E-state index is 0.121. The first-order valence-electron chi connectivity index (χ1n) is 5.04. The van der Waals surface area contributed by atoms with Gasteiger partial charge in [-0.1, -0.05) is 20.8 Å². The van der Waals surface area contributed by atoms with Crippen molar-refractivity contribution < 1.29 is 18.0 Å². The Morgan fingerprint density at radius 2 is 1.53 bits per heavy atom. The Kier molecular flexibility index (Phi) is 3.23. The van der Waals surface area contributed by atoms with Gasteiger partial charge in [-0.25, -0.2) is 0 Å². The van der Waals surface area contributed by atoms with E-state index in [4.69, 9.17) is 5.73 Å². The third-order valence-corrected chi connectivity index (χ3v) is 2.41. The maximum Gasteiger partial charge on any atom is 0.416 e. The number of benzene rings is 1. The Morgan fingerprint density at radius 3 is 1.88 bits per heavy atom. The normalized spacial score (nSPS) is 12.6. The van der Waals surface area contributed by atoms with E-state index in [1.54, 1.807) is 20.8 Å². The molecule has 0 saturated carbocycles. The number of carbonyl (C=O) groups excluding carboxylic acids is 1. The molecule has 2 N–H and O–H groups in total. The minimum atomic E-state index is -4.48. The molecule has 1 rings (SSSR count). The second-order valence-electron chi connectivity index (χ2n) is 4.91. The fourth-order valence-electron chi connectivity index (χ4n) is 1.37. The van der Waals surface area contributed by atoms with Gasteiger partial charge in [0, 0.05) is 5.56 Å². The summed E-state index contributed by atoms with van der Waals surface area (Å²) in [6, 6.07) is 3.22. The monoisotopic (exact) mass is 245 g/mol. The molecule has 0 aliphatic carbocycles. The first kappa shape index (κ1) is 13.5. The lowest BCUT2D eigenvalue weighted by atomic mass is 9.85. The van der Waals surface area contributed by atoms with Crippen molar-refractivity contribution in [2.45, 2.75) is 32.4 Å². The molecule has 1 aromatic carbocycles. The van der Waals surface area contributed by atoms with Crippen LogP contribution in [0.4, 0.5) is 13.2 Å². The van der Waals surface area contributed by atoms with Gasteiger partial charge in [-0.15, -0.1) is 0 Å². The number of primary amides is 1. The van der Waals surface area contributed by atoms with Crippen molar-refractivity contribution in [3.8, 4) is 0 Å². The first-order valence-corrected chi connectivity index (χ1v) is 5.04. The number of amides is 1. The van der Waals surface area contributed by atoms with Gasteiger partial charge in [-0.2, -0.15) is 13.2 Å². The molecule has 2 nitrogen and oxygen atoms in total. The average molecular weight is 245 g/mol. The molecule has 5 heteroatoms. The van der Waals surface area contributed by atoms with E-state index < -0.39 is 23.1 Å². The van der Waals surface area contributed by atoms with E-state index in [0.29, 0.717) is 5.56 Å². The smallest absolute Gasteiger partial charge is 0.366 e. The third-order valence-electron chi connectivity index (χ3n) is 2.41. The van der Waals surface area contributed by atoms with Gasteiger partial charge in [0.25, 0.3) is 0 Å². The van der Waals surface area contributed by atoms with Crippen LogP contribution in [0.15, 0.2) is 18.2 Å². The number of hydrogen-bond donors (Lipinski definition) is 1. The Labute approximate surface area is 97.6 Å². The number of carbonyl (C=O) groups is 1. The molecular weight excluding hydrogens is 231 g/mol. The zero-order valence-corrected chi connectivity index (χ0v) is 9.85. The zero-order chi connectivity index (χ0) is 13.4. The second kappa shape index (κ2) is 4.05. The van der Waals surface area contributed by atoms with Crippen molar-refractivity contribution in [2.24, 2.45) is 5.73 Å². The van der Waals surface area contributed by atoms with E-state index in [1.807, 2.05) is 0 Å². The number of hydrogen-bond acceptors (Lipinski definition) is 1. The summed E-state index contributed by atoms with van der Waals surface area (Å²) in [5.41, 5.74) is 4.01. The lowest BCUT2D eigenvalue weighted by molar-refractivity contribution is -0.137. The summed E-state index contributed by atoms with van der Waals surface area (Å²) in [7, 11) is 0. The summed E-state index contributed by atoms with van der Waals surface area (Å²) in [6.45, 7) is 5.31. The van der Waals surface area contributed by atoms with Gasteiger partial charge in [0.2, 0.25) is 5.91 Å². The molecule has 0 atom stereocenters. The lowest BCUT2D eigenvalue weighted by Crippen LogP contribution is -2.18. The topological polar surface area (TPSA) is 43.1 Å². The summed E-state index contributed by atoms with van der Waals surface area (Å²) in [4.78, 5) is 11.0. The van der Waals surface area contributed by atoms with E-state index in [0.717, 1.165) is 12.1 Å². The molecule has 1 aromatic rings. The summed E-state index contributed by atoms with van der Waals surface area (Å²) < 4.78 is 37.9. The third kappa shape index (κ3) is 3.22. The largest absolute Gasteiger partial charge is 0.416 e. The van der Waals surface area contributed by atoms with Crippen LogP contribution in [-0.2, 0) is 11.6 Å². The summed E-state index contributed by atoms with van der Waals surface area (Å²) >= 11 is 0. The molecule has 0 aliphatic rings. The Bertz CT molecular complexity index is 412. The molecule has 0 fully saturated rings. The number of nitrogens with two attached hydrogens (primary N) is 1. The number of halogens is 3. The highest BCUT2D eigenvalue weighted by Gasteiger charge is 2.32. The highest BCUT2D eigenvalue weighted by atomic mass is 19.4. The molecule has 1 amide bonds. The van der Waals surface area contributed by atoms with Gasteiger partial charge < -0.3 is 5.73 Å². The molecule has 0 saturated heterocycles. The van der Waals surface area contributed by atoms with Crippen molar-refractivity contribution in [3.05, 3.63) is 34.9 Å². The molecule has 0 heterocycles. The van der Waals surface area contributed by atoms with E-state index in [9.17, 15) is 18.0 Å². The van der Waals surface area contributed by atoms with Crippen LogP contribution < -0.4 is 5.73 Å². The molecule has 94 valence electrons. The lowest BCUT2D eigenvalue weighted by Gasteiger charge is -2.21. The molecule has 0 spiro atoms. The van der Waals surface area contributed by atoms with Crippen molar-refractivity contribution in [1.82, 2.24) is 0 Å². The summed E-state index contributed by atoms with van der Waals surface area (Å²) in [6.07, 6.45) is -4.48. The van der Waals surface area contributed by atoms with Gasteiger partial charge in [0.05, 0.1) is 5.56 Å². The molecule has 0 radical (unpaired) electrons. The van der Waals surface area contributed by atoms with Crippen molar-refractivity contribution in [2.75, 3.05) is 0 Å². The van der Waals surface area contributed by atoms with Gasteiger partial charge in [-0.05, 0) is 29.2 Å². The summed E-state index contributed by atoms with van der Waals surface area (Å²) in [5, 5.41) is 0. The van der Waals surface area contributed by atoms with Crippen LogP contribution in [0.25, 0.3) is 0 Å². The van der Waals surface area contributed by atoms with Crippen LogP contribution in [-0.4, -0.2) is 5.91 Å². The van der Waals surface area contributed by atoms with Crippen LogP contribution in [0.3, 0.4) is 0 Å². The van der Waals surface area contributed by atoms with Gasteiger partial charge >= 0.3 is 6.18 Å². The quantitative estimate of drug-likeness (QED) is 0.811. The number of rotatable bonds is 1. The second-order valence-corrected chi connectivity index (χ2v) is 4.91. The van der Waals surface area contributed by atoms with Gasteiger partial charge in [-0.3, -0.25) is 4.79 Å². The SMILES string of the molecule is CC(C)(C)c1cc(C(N)=O)cc(C(F)(F)F)c1. The predicted octanol–water partition coefficient (Wildman–Crippen LogP) is 3.10. The minimum Gasteiger partial charge on any atom is -0.366 e. The zero-order valence-electron chi connectivity index (χ0n) is 9.85. The van der Waals surface area contributed by atoms with Crippen LogP contribution in [0.5, 0.6) is 0 Å². The highest BCUT2D eigenvalue weighted by Crippen LogP contribution is 2.33. The molecular formula is C12H14F3NO. The Hall–Kier alpha value is -1.52. The average Bonchev–Trinajstić information content (AvgIpc) is 2.14. The predicted molar refractivity (Wildman–Crippen MR) is 58.7 cm³/mol. The Morgan fingerprint density at radius 1 is 1.06 bits per heavy atom. The van der Waals surface area contributed by atoms with Gasteiger partial charge in [0.1, 0.15) is 0 Å². The van der Waals surface area contributed by atoms with E-state index in [1.165, 1.54) is 6.07 Å². The molecule has 17 heavy (non-hydrogen) atoms.